The number of amides is 1. The first-order chi connectivity index (χ1) is 14.2. The summed E-state index contributed by atoms with van der Waals surface area (Å²) in [7, 11) is 1.56. The highest BCUT2D eigenvalue weighted by atomic mass is 16.5. The van der Waals surface area contributed by atoms with E-state index in [0.717, 1.165) is 17.4 Å². The maximum Gasteiger partial charge on any atom is 0.251 e. The van der Waals surface area contributed by atoms with Gasteiger partial charge in [-0.15, -0.1) is 0 Å². The number of carbonyl (C=O) groups is 2. The zero-order valence-electron chi connectivity index (χ0n) is 16.3. The first-order valence-electron chi connectivity index (χ1n) is 9.37. The van der Waals surface area contributed by atoms with Crippen LogP contribution in [-0.2, 0) is 13.0 Å². The van der Waals surface area contributed by atoms with Gasteiger partial charge in [0.15, 0.2) is 11.5 Å². The summed E-state index contributed by atoms with van der Waals surface area (Å²) in [5.74, 6) is 0.916. The zero-order valence-corrected chi connectivity index (χ0v) is 16.3. The van der Waals surface area contributed by atoms with Crippen molar-refractivity contribution in [2.45, 2.75) is 13.0 Å². The Hall–Kier alpha value is -3.60. The van der Waals surface area contributed by atoms with Crippen molar-refractivity contribution < 1.29 is 19.1 Å². The second-order valence-corrected chi connectivity index (χ2v) is 6.47. The zero-order chi connectivity index (χ0) is 20.5. The molecule has 3 aromatic rings. The summed E-state index contributed by atoms with van der Waals surface area (Å²) in [6.45, 7) is 0.782. The Kier molecular flexibility index (Phi) is 7.00. The number of benzene rings is 3. The normalized spacial score (nSPS) is 10.2. The first-order valence-corrected chi connectivity index (χ1v) is 9.37. The molecule has 0 aliphatic rings. The minimum absolute atomic E-state index is 0.145. The Morgan fingerprint density at radius 1 is 0.966 bits per heavy atom. The van der Waals surface area contributed by atoms with Crippen LogP contribution >= 0.6 is 0 Å². The van der Waals surface area contributed by atoms with E-state index in [4.69, 9.17) is 9.47 Å². The van der Waals surface area contributed by atoms with Crippen molar-refractivity contribution in [3.8, 4) is 11.5 Å². The molecular weight excluding hydrogens is 366 g/mol. The lowest BCUT2D eigenvalue weighted by molar-refractivity contribution is 0.0954. The number of nitrogens with one attached hydrogen (secondary N) is 1. The number of aldehydes is 1. The van der Waals surface area contributed by atoms with Crippen LogP contribution in [-0.4, -0.2) is 25.8 Å². The van der Waals surface area contributed by atoms with Gasteiger partial charge in [0, 0.05) is 17.7 Å². The molecule has 0 fully saturated rings. The van der Waals surface area contributed by atoms with Crippen molar-refractivity contribution in [2.75, 3.05) is 13.7 Å². The Bertz CT molecular complexity index is 955. The first kappa shape index (κ1) is 20.1. The van der Waals surface area contributed by atoms with E-state index in [-0.39, 0.29) is 5.91 Å². The Morgan fingerprint density at radius 2 is 1.66 bits per heavy atom. The molecule has 0 radical (unpaired) electrons. The van der Waals surface area contributed by atoms with E-state index in [1.807, 2.05) is 48.5 Å². The summed E-state index contributed by atoms with van der Waals surface area (Å²) in [4.78, 5) is 23.7. The fourth-order valence-corrected chi connectivity index (χ4v) is 2.95. The second kappa shape index (κ2) is 10.1. The molecule has 0 aromatic heterocycles. The molecule has 1 N–H and O–H groups in total. The van der Waals surface area contributed by atoms with E-state index in [9.17, 15) is 9.59 Å². The van der Waals surface area contributed by atoms with Gasteiger partial charge in [-0.25, -0.2) is 0 Å². The van der Waals surface area contributed by atoms with Crippen molar-refractivity contribution in [2.24, 2.45) is 0 Å². The van der Waals surface area contributed by atoms with Crippen molar-refractivity contribution in [3.63, 3.8) is 0 Å². The van der Waals surface area contributed by atoms with Crippen LogP contribution in [0.25, 0.3) is 0 Å². The molecule has 5 nitrogen and oxygen atoms in total. The molecule has 0 saturated heterocycles. The summed E-state index contributed by atoms with van der Waals surface area (Å²) >= 11 is 0. The standard InChI is InChI=1S/C24H23NO4/c1-28-22-14-20(12-13-25-24(27)19-10-6-3-7-11-19)21(16-26)15-23(22)29-17-18-8-4-2-5-9-18/h2-11,14-16H,12-13,17H2,1H3,(H,25,27). The molecule has 0 atom stereocenters. The maximum atomic E-state index is 12.2. The van der Waals surface area contributed by atoms with Gasteiger partial charge in [0.05, 0.1) is 7.11 Å². The molecule has 148 valence electrons. The van der Waals surface area contributed by atoms with Gasteiger partial charge in [-0.3, -0.25) is 9.59 Å². The average molecular weight is 389 g/mol. The number of ether oxygens (including phenoxy) is 2. The summed E-state index contributed by atoms with van der Waals surface area (Å²) in [5, 5.41) is 2.87. The summed E-state index contributed by atoms with van der Waals surface area (Å²) in [6, 6.07) is 22.3. The van der Waals surface area contributed by atoms with E-state index in [2.05, 4.69) is 5.32 Å². The maximum absolute atomic E-state index is 12.2. The number of methoxy groups -OCH3 is 1. The lowest BCUT2D eigenvalue weighted by atomic mass is 10.0. The fourth-order valence-electron chi connectivity index (χ4n) is 2.95. The van der Waals surface area contributed by atoms with Crippen LogP contribution in [0, 0.1) is 0 Å². The molecule has 0 spiro atoms. The van der Waals surface area contributed by atoms with Crippen molar-refractivity contribution >= 4 is 12.2 Å². The summed E-state index contributed by atoms with van der Waals surface area (Å²) in [5.41, 5.74) is 2.93. The fraction of sp³-hybridized carbons (Fsp3) is 0.167. The lowest BCUT2D eigenvalue weighted by Gasteiger charge is -2.14. The average Bonchev–Trinajstić information content (AvgIpc) is 2.78. The van der Waals surface area contributed by atoms with E-state index in [0.29, 0.717) is 42.2 Å². The molecule has 0 heterocycles. The Balaban J connectivity index is 1.67. The van der Waals surface area contributed by atoms with Crippen LogP contribution in [0.1, 0.15) is 31.8 Å². The Labute approximate surface area is 170 Å². The lowest BCUT2D eigenvalue weighted by Crippen LogP contribution is -2.25. The summed E-state index contributed by atoms with van der Waals surface area (Å²) in [6.07, 6.45) is 1.30. The van der Waals surface area contributed by atoms with Gasteiger partial charge in [0.2, 0.25) is 0 Å². The van der Waals surface area contributed by atoms with Gasteiger partial charge in [-0.05, 0) is 41.8 Å². The van der Waals surface area contributed by atoms with Gasteiger partial charge in [0.1, 0.15) is 12.9 Å². The molecule has 0 bridgehead atoms. The van der Waals surface area contributed by atoms with Gasteiger partial charge in [-0.1, -0.05) is 48.5 Å². The van der Waals surface area contributed by atoms with Crippen LogP contribution < -0.4 is 14.8 Å². The van der Waals surface area contributed by atoms with Crippen LogP contribution in [0.4, 0.5) is 0 Å². The van der Waals surface area contributed by atoms with E-state index >= 15 is 0 Å². The molecule has 3 rings (SSSR count). The van der Waals surface area contributed by atoms with Crippen LogP contribution in [0.3, 0.4) is 0 Å². The number of hydrogen-bond donors (Lipinski definition) is 1. The minimum Gasteiger partial charge on any atom is -0.493 e. The van der Waals surface area contributed by atoms with Gasteiger partial charge in [0.25, 0.3) is 5.91 Å². The molecule has 0 unspecified atom stereocenters. The van der Waals surface area contributed by atoms with Crippen molar-refractivity contribution in [1.29, 1.82) is 0 Å². The van der Waals surface area contributed by atoms with Crippen LogP contribution in [0.2, 0.25) is 0 Å². The third-order valence-electron chi connectivity index (χ3n) is 4.51. The second-order valence-electron chi connectivity index (χ2n) is 6.47. The van der Waals surface area contributed by atoms with Gasteiger partial charge in [-0.2, -0.15) is 0 Å². The number of hydrogen-bond acceptors (Lipinski definition) is 4. The van der Waals surface area contributed by atoms with E-state index in [1.165, 1.54) is 0 Å². The van der Waals surface area contributed by atoms with Gasteiger partial charge < -0.3 is 14.8 Å². The molecular formula is C24H23NO4. The number of carbonyl (C=O) groups excluding carboxylic acids is 2. The molecule has 29 heavy (non-hydrogen) atoms. The third kappa shape index (κ3) is 5.45. The molecule has 5 heteroatoms. The predicted octanol–water partition coefficient (Wildman–Crippen LogP) is 4.06. The monoisotopic (exact) mass is 389 g/mol. The molecule has 0 aliphatic carbocycles. The smallest absolute Gasteiger partial charge is 0.251 e. The molecule has 0 aliphatic heterocycles. The highest BCUT2D eigenvalue weighted by Gasteiger charge is 2.12. The summed E-state index contributed by atoms with van der Waals surface area (Å²) < 4.78 is 11.3. The quantitative estimate of drug-likeness (QED) is 0.561. The van der Waals surface area contributed by atoms with Crippen molar-refractivity contribution in [3.05, 3.63) is 95.1 Å². The SMILES string of the molecule is COc1cc(CCNC(=O)c2ccccc2)c(C=O)cc1OCc1ccccc1. The van der Waals surface area contributed by atoms with E-state index in [1.54, 1.807) is 31.4 Å². The topological polar surface area (TPSA) is 64.6 Å². The van der Waals surface area contributed by atoms with Crippen LogP contribution in [0.5, 0.6) is 11.5 Å². The predicted molar refractivity (Wildman–Crippen MR) is 112 cm³/mol. The molecule has 3 aromatic carbocycles. The number of rotatable bonds is 9. The van der Waals surface area contributed by atoms with Crippen LogP contribution in [0.15, 0.2) is 72.8 Å². The Morgan fingerprint density at radius 3 is 2.31 bits per heavy atom. The minimum atomic E-state index is -0.145. The van der Waals surface area contributed by atoms with Crippen molar-refractivity contribution in [1.82, 2.24) is 5.32 Å². The molecule has 1 amide bonds. The highest BCUT2D eigenvalue weighted by molar-refractivity contribution is 5.94. The third-order valence-corrected chi connectivity index (χ3v) is 4.51. The van der Waals surface area contributed by atoms with Gasteiger partial charge >= 0.3 is 0 Å². The molecule has 0 saturated carbocycles. The largest absolute Gasteiger partial charge is 0.493 e. The van der Waals surface area contributed by atoms with E-state index < -0.39 is 0 Å². The highest BCUT2D eigenvalue weighted by Crippen LogP contribution is 2.31.